The van der Waals surface area contributed by atoms with Gasteiger partial charge in [-0.25, -0.2) is 23.5 Å². The molecule has 0 aliphatic carbocycles. The number of benzene rings is 1. The Kier molecular flexibility index (Phi) is 8.72. The quantitative estimate of drug-likeness (QED) is 0.231. The molecule has 4 heterocycles. The van der Waals surface area contributed by atoms with Crippen LogP contribution in [0, 0.1) is 12.7 Å². The average Bonchev–Trinajstić information content (AvgIpc) is 2.96. The Morgan fingerprint density at radius 2 is 1.93 bits per heavy atom. The molecule has 11 heteroatoms. The third-order valence-corrected chi connectivity index (χ3v) is 8.07. The van der Waals surface area contributed by atoms with Crippen LogP contribution in [0.25, 0.3) is 34.1 Å². The zero-order chi connectivity index (χ0) is 32.8. The molecule has 0 saturated carbocycles. The van der Waals surface area contributed by atoms with Gasteiger partial charge in [-0.1, -0.05) is 50.2 Å². The van der Waals surface area contributed by atoms with Crippen molar-refractivity contribution >= 4 is 40.6 Å². The molecule has 236 valence electrons. The number of carbonyl (C=O) groups excluding carboxylic acids is 1. The van der Waals surface area contributed by atoms with Crippen molar-refractivity contribution in [2.24, 2.45) is 0 Å². The fourth-order valence-corrected chi connectivity index (χ4v) is 5.96. The lowest BCUT2D eigenvalue weighted by Crippen LogP contribution is -2.55. The van der Waals surface area contributed by atoms with Gasteiger partial charge in [-0.05, 0) is 69.9 Å². The lowest BCUT2D eigenvalue weighted by molar-refractivity contribution is 0.0218. The van der Waals surface area contributed by atoms with E-state index < -0.39 is 23.2 Å². The SMILES string of the molecule is C=Cc1cccc(F)c1-c1nc2c(cc1Cl)c(N1CCN(C(=O)OC(C)(C)C)C[C@@H]1C)nc(=O)n2-c1c(C)ccnc1C(C)C. The van der Waals surface area contributed by atoms with Crippen LogP contribution in [0.3, 0.4) is 0 Å². The molecule has 1 atom stereocenters. The Labute approximate surface area is 267 Å². The molecule has 1 aliphatic heterocycles. The van der Waals surface area contributed by atoms with Crippen molar-refractivity contribution in [3.05, 3.63) is 81.3 Å². The summed E-state index contributed by atoms with van der Waals surface area (Å²) in [5.74, 6) is -0.154. The van der Waals surface area contributed by atoms with Crippen molar-refractivity contribution in [3.8, 4) is 16.9 Å². The summed E-state index contributed by atoms with van der Waals surface area (Å²) >= 11 is 6.88. The maximum absolute atomic E-state index is 15.4. The van der Waals surface area contributed by atoms with Crippen molar-refractivity contribution in [3.63, 3.8) is 0 Å². The number of piperazine rings is 1. The highest BCUT2D eigenvalue weighted by Crippen LogP contribution is 2.37. The van der Waals surface area contributed by atoms with Gasteiger partial charge in [0.1, 0.15) is 17.2 Å². The molecule has 3 aromatic heterocycles. The highest BCUT2D eigenvalue weighted by molar-refractivity contribution is 6.34. The molecular formula is C34H38ClFN6O3. The summed E-state index contributed by atoms with van der Waals surface area (Å²) in [7, 11) is 0. The van der Waals surface area contributed by atoms with Gasteiger partial charge in [-0.15, -0.1) is 0 Å². The Morgan fingerprint density at radius 3 is 2.58 bits per heavy atom. The van der Waals surface area contributed by atoms with Crippen LogP contribution in [-0.4, -0.2) is 61.8 Å². The van der Waals surface area contributed by atoms with Crippen molar-refractivity contribution in [2.45, 2.75) is 66.0 Å². The monoisotopic (exact) mass is 632 g/mol. The van der Waals surface area contributed by atoms with Crippen LogP contribution in [0.4, 0.5) is 15.0 Å². The molecule has 0 unspecified atom stereocenters. The molecule has 0 N–H and O–H groups in total. The number of hydrogen-bond donors (Lipinski definition) is 0. The number of nitrogens with zero attached hydrogens (tertiary/aromatic N) is 6. The minimum Gasteiger partial charge on any atom is -0.444 e. The standard InChI is InChI=1S/C34H38ClFN6O3/c1-9-22-11-10-12-25(36)26(22)28-24(35)17-23-30(41-16-15-40(18-21(41)5)33(44)45-34(6,7)8)39-32(43)42(31(23)38-28)29-20(4)13-14-37-27(29)19(2)3/h9-14,17,19,21H,1,15-16,18H2,2-8H3/t21-/m0/s1. The van der Waals surface area contributed by atoms with Gasteiger partial charge in [-0.2, -0.15) is 4.98 Å². The predicted molar refractivity (Wildman–Crippen MR) is 177 cm³/mol. The number of pyridine rings is 2. The zero-order valence-electron chi connectivity index (χ0n) is 26.7. The zero-order valence-corrected chi connectivity index (χ0v) is 27.4. The van der Waals surface area contributed by atoms with Crippen molar-refractivity contribution < 1.29 is 13.9 Å². The molecule has 1 amide bonds. The van der Waals surface area contributed by atoms with Gasteiger partial charge in [0, 0.05) is 37.4 Å². The molecular weight excluding hydrogens is 595 g/mol. The number of aryl methyl sites for hydroxylation is 1. The number of anilines is 1. The maximum atomic E-state index is 15.4. The molecule has 4 aromatic rings. The van der Waals surface area contributed by atoms with Crippen molar-refractivity contribution in [1.29, 1.82) is 0 Å². The Hall–Kier alpha value is -4.31. The summed E-state index contributed by atoms with van der Waals surface area (Å²) in [4.78, 5) is 44.7. The number of ether oxygens (including phenoxy) is 1. The van der Waals surface area contributed by atoms with E-state index >= 15 is 4.39 Å². The Bertz CT molecular complexity index is 1870. The largest absolute Gasteiger partial charge is 0.444 e. The molecule has 1 aromatic carbocycles. The lowest BCUT2D eigenvalue weighted by atomic mass is 10.0. The minimum atomic E-state index is -0.622. The fraction of sp³-hybridized carbons (Fsp3) is 0.382. The van der Waals surface area contributed by atoms with Gasteiger partial charge in [0.2, 0.25) is 0 Å². The first-order valence-electron chi connectivity index (χ1n) is 15.0. The molecule has 0 spiro atoms. The molecule has 0 bridgehead atoms. The van der Waals surface area contributed by atoms with E-state index in [0.29, 0.717) is 47.8 Å². The van der Waals surface area contributed by atoms with Gasteiger partial charge >= 0.3 is 11.8 Å². The number of halogens is 2. The second kappa shape index (κ2) is 12.2. The summed E-state index contributed by atoms with van der Waals surface area (Å²) in [5, 5.41) is 0.700. The summed E-state index contributed by atoms with van der Waals surface area (Å²) in [6.07, 6.45) is 2.85. The first-order valence-corrected chi connectivity index (χ1v) is 15.3. The Morgan fingerprint density at radius 1 is 1.20 bits per heavy atom. The maximum Gasteiger partial charge on any atom is 0.410 e. The minimum absolute atomic E-state index is 0.0202. The summed E-state index contributed by atoms with van der Waals surface area (Å²) in [5.41, 5.74) is 2.04. The molecule has 5 rings (SSSR count). The van der Waals surface area contributed by atoms with Gasteiger partial charge in [0.05, 0.1) is 27.5 Å². The van der Waals surface area contributed by atoms with Crippen LogP contribution in [0.5, 0.6) is 0 Å². The normalized spacial score (nSPS) is 15.6. The van der Waals surface area contributed by atoms with Crippen LogP contribution in [0.1, 0.15) is 64.3 Å². The van der Waals surface area contributed by atoms with E-state index in [0.717, 1.165) is 5.56 Å². The van der Waals surface area contributed by atoms with Crippen LogP contribution in [0.2, 0.25) is 5.02 Å². The summed E-state index contributed by atoms with van der Waals surface area (Å²) < 4.78 is 22.4. The second-order valence-corrected chi connectivity index (χ2v) is 13.0. The van der Waals surface area contributed by atoms with E-state index in [1.54, 1.807) is 35.4 Å². The smallest absolute Gasteiger partial charge is 0.410 e. The van der Waals surface area contributed by atoms with Crippen LogP contribution < -0.4 is 10.6 Å². The van der Waals surface area contributed by atoms with Crippen molar-refractivity contribution in [2.75, 3.05) is 24.5 Å². The Balaban J connectivity index is 1.76. The number of aromatic nitrogens is 4. The van der Waals surface area contributed by atoms with Crippen LogP contribution in [-0.2, 0) is 4.74 Å². The summed E-state index contributed by atoms with van der Waals surface area (Å²) in [6, 6.07) is 7.95. The van der Waals surface area contributed by atoms with E-state index in [9.17, 15) is 9.59 Å². The molecule has 0 radical (unpaired) electrons. The number of amides is 1. The predicted octanol–water partition coefficient (Wildman–Crippen LogP) is 7.16. The highest BCUT2D eigenvalue weighted by atomic mass is 35.5. The number of carbonyl (C=O) groups is 1. The van der Waals surface area contributed by atoms with Gasteiger partial charge in [0.15, 0.2) is 5.65 Å². The summed E-state index contributed by atoms with van der Waals surface area (Å²) in [6.45, 7) is 18.3. The lowest BCUT2D eigenvalue weighted by Gasteiger charge is -2.41. The number of rotatable bonds is 5. The molecule has 45 heavy (non-hydrogen) atoms. The third-order valence-electron chi connectivity index (χ3n) is 7.78. The van der Waals surface area contributed by atoms with E-state index in [1.165, 1.54) is 10.6 Å². The first-order chi connectivity index (χ1) is 21.2. The third kappa shape index (κ3) is 6.16. The molecule has 1 saturated heterocycles. The molecule has 1 fully saturated rings. The topological polar surface area (TPSA) is 93.5 Å². The van der Waals surface area contributed by atoms with Gasteiger partial charge in [0.25, 0.3) is 0 Å². The highest BCUT2D eigenvalue weighted by Gasteiger charge is 2.33. The first kappa shape index (κ1) is 32.1. The van der Waals surface area contributed by atoms with Crippen LogP contribution in [0.15, 0.2) is 47.9 Å². The van der Waals surface area contributed by atoms with Crippen LogP contribution >= 0.6 is 11.6 Å². The van der Waals surface area contributed by atoms with E-state index in [2.05, 4.69) is 16.5 Å². The van der Waals surface area contributed by atoms with Crippen molar-refractivity contribution in [1.82, 2.24) is 24.4 Å². The van der Waals surface area contributed by atoms with Gasteiger partial charge in [-0.3, -0.25) is 4.98 Å². The fourth-order valence-electron chi connectivity index (χ4n) is 5.71. The van der Waals surface area contributed by atoms with E-state index in [1.807, 2.05) is 59.4 Å². The van der Waals surface area contributed by atoms with Gasteiger partial charge < -0.3 is 14.5 Å². The number of fused-ring (bicyclic) bond motifs is 1. The van der Waals surface area contributed by atoms with E-state index in [4.69, 9.17) is 21.3 Å². The molecule has 9 nitrogen and oxygen atoms in total. The second-order valence-electron chi connectivity index (χ2n) is 12.6. The molecule has 1 aliphatic rings. The number of hydrogen-bond acceptors (Lipinski definition) is 7. The van der Waals surface area contributed by atoms with E-state index in [-0.39, 0.29) is 33.9 Å². The average molecular weight is 633 g/mol.